The minimum absolute atomic E-state index is 0.0640. The first-order valence-corrected chi connectivity index (χ1v) is 13.5. The molecule has 2 aromatic heterocycles. The van der Waals surface area contributed by atoms with E-state index in [1.165, 1.54) is 4.88 Å². The van der Waals surface area contributed by atoms with E-state index in [4.69, 9.17) is 13.1 Å². The number of nitriles is 2. The van der Waals surface area contributed by atoms with Crippen LogP contribution in [0, 0.1) is 35.8 Å². The second kappa shape index (κ2) is 10.7. The van der Waals surface area contributed by atoms with Crippen LogP contribution in [0.2, 0.25) is 0 Å². The van der Waals surface area contributed by atoms with Crippen LogP contribution in [0.1, 0.15) is 16.0 Å². The zero-order valence-corrected chi connectivity index (χ0v) is 22.7. The predicted octanol–water partition coefficient (Wildman–Crippen LogP) is 8.61. The number of fused-ring (bicyclic) bond motifs is 1. The lowest BCUT2D eigenvalue weighted by Crippen LogP contribution is -2.07. The van der Waals surface area contributed by atoms with Crippen LogP contribution in [0.25, 0.3) is 47.1 Å². The fourth-order valence-corrected chi connectivity index (χ4v) is 6.57. The van der Waals surface area contributed by atoms with Crippen molar-refractivity contribution in [1.82, 2.24) is 0 Å². The second-order valence-corrected chi connectivity index (χ2v) is 11.0. The third-order valence-corrected chi connectivity index (χ3v) is 8.71. The molecule has 0 bridgehead atoms. The molecule has 0 fully saturated rings. The number of hydrogen-bond donors (Lipinski definition) is 0. The number of rotatable bonds is 4. The zero-order valence-electron chi connectivity index (χ0n) is 21.1. The van der Waals surface area contributed by atoms with Gasteiger partial charge in [0, 0.05) is 50.4 Å². The molecule has 4 aromatic rings. The van der Waals surface area contributed by atoms with E-state index in [-0.39, 0.29) is 11.4 Å². The molecule has 0 unspecified atom stereocenters. The molecule has 1 aliphatic rings. The van der Waals surface area contributed by atoms with Gasteiger partial charge in [-0.25, -0.2) is 20.2 Å². The number of anilines is 1. The van der Waals surface area contributed by atoms with Crippen LogP contribution >= 0.6 is 22.7 Å². The molecule has 0 radical (unpaired) electrons. The molecule has 5 nitrogen and oxygen atoms in total. The molecule has 0 amide bonds. The smallest absolute Gasteiger partial charge is 0.270 e. The number of hydrogen-bond acceptors (Lipinski definition) is 5. The second-order valence-electron chi connectivity index (χ2n) is 8.81. The molecule has 2 heterocycles. The van der Waals surface area contributed by atoms with Gasteiger partial charge < -0.3 is 4.90 Å². The van der Waals surface area contributed by atoms with Crippen molar-refractivity contribution in [2.24, 2.45) is 0 Å². The van der Waals surface area contributed by atoms with Gasteiger partial charge in [0.1, 0.15) is 0 Å². The van der Waals surface area contributed by atoms with E-state index in [0.717, 1.165) is 25.9 Å². The van der Waals surface area contributed by atoms with Gasteiger partial charge in [0.15, 0.2) is 0 Å². The van der Waals surface area contributed by atoms with Gasteiger partial charge in [0.05, 0.1) is 25.3 Å². The molecule has 0 saturated heterocycles. The molecule has 184 valence electrons. The molecule has 5 rings (SSSR count). The summed E-state index contributed by atoms with van der Waals surface area (Å²) in [5, 5.41) is 19.5. The van der Waals surface area contributed by atoms with Crippen molar-refractivity contribution in [2.45, 2.75) is 0 Å². The fourth-order valence-electron chi connectivity index (χ4n) is 4.52. The van der Waals surface area contributed by atoms with Gasteiger partial charge >= 0.3 is 0 Å². The van der Waals surface area contributed by atoms with Gasteiger partial charge in [-0.1, -0.05) is 36.4 Å². The first-order valence-electron chi connectivity index (χ1n) is 11.8. The maximum atomic E-state index is 9.74. The van der Waals surface area contributed by atoms with E-state index in [1.807, 2.05) is 62.6 Å². The van der Waals surface area contributed by atoms with Gasteiger partial charge in [-0.3, -0.25) is 0 Å². The Morgan fingerprint density at radius 3 is 1.82 bits per heavy atom. The largest absolute Gasteiger partial charge is 0.378 e. The summed E-state index contributed by atoms with van der Waals surface area (Å²) in [5.41, 5.74) is 5.03. The fraction of sp³-hybridized carbons (Fsp3) is 0.0625. The van der Waals surface area contributed by atoms with Gasteiger partial charge in [-0.2, -0.15) is 0 Å². The number of allylic oxidation sites excluding steroid dienone is 5. The quantitative estimate of drug-likeness (QED) is 0.193. The molecule has 0 saturated carbocycles. The van der Waals surface area contributed by atoms with Crippen LogP contribution in [-0.2, 0) is 0 Å². The van der Waals surface area contributed by atoms with E-state index in [0.29, 0.717) is 27.8 Å². The van der Waals surface area contributed by atoms with E-state index >= 15 is 0 Å². The van der Waals surface area contributed by atoms with Gasteiger partial charge in [-0.15, -0.1) is 22.7 Å². The zero-order chi connectivity index (χ0) is 27.5. The predicted molar refractivity (Wildman–Crippen MR) is 160 cm³/mol. The van der Waals surface area contributed by atoms with Crippen molar-refractivity contribution in [2.75, 3.05) is 19.0 Å². The first-order chi connectivity index (χ1) is 19.0. The number of nitrogens with zero attached hydrogens (tertiary/aromatic N) is 5. The summed E-state index contributed by atoms with van der Waals surface area (Å²) in [6.45, 7) is 15.2. The third-order valence-electron chi connectivity index (χ3n) is 6.34. The van der Waals surface area contributed by atoms with E-state index < -0.39 is 0 Å². The van der Waals surface area contributed by atoms with Crippen LogP contribution < -0.4 is 4.90 Å². The van der Waals surface area contributed by atoms with Crippen LogP contribution in [0.15, 0.2) is 89.8 Å². The summed E-state index contributed by atoms with van der Waals surface area (Å²) in [6.07, 6.45) is 1.89. The maximum absolute atomic E-state index is 9.74. The molecule has 0 spiro atoms. The molecule has 7 heteroatoms. The molecule has 0 N–H and O–H groups in total. The number of benzene rings is 2. The number of thiophene rings is 2. The summed E-state index contributed by atoms with van der Waals surface area (Å²) in [7, 11) is 4.05. The average molecular weight is 538 g/mol. The summed E-state index contributed by atoms with van der Waals surface area (Å²) < 4.78 is 0. The van der Waals surface area contributed by atoms with Crippen molar-refractivity contribution >= 4 is 45.6 Å². The Balaban J connectivity index is 1.58. The highest BCUT2D eigenvalue weighted by Gasteiger charge is 2.31. The van der Waals surface area contributed by atoms with Crippen LogP contribution in [-0.4, -0.2) is 14.1 Å². The first kappa shape index (κ1) is 25.5. The Bertz CT molecular complexity index is 1760. The van der Waals surface area contributed by atoms with Crippen molar-refractivity contribution < 1.29 is 0 Å². The Labute approximate surface area is 235 Å². The highest BCUT2D eigenvalue weighted by Crippen LogP contribution is 2.49. The van der Waals surface area contributed by atoms with Gasteiger partial charge in [-0.05, 0) is 64.7 Å². The highest BCUT2D eigenvalue weighted by molar-refractivity contribution is 7.24. The standard InChI is InChI=1S/C32H19N5S2/c1-35-26(18-33)31-23-7-5-6-8-24(23)32(27(19-34)36-2)25(31)17-22-13-14-29(38-22)30-16-15-28(39-30)20-9-11-21(12-10-20)37(3)4/h5-17H,3-4H3/b31-26-,32-27-. The van der Waals surface area contributed by atoms with Crippen molar-refractivity contribution in [1.29, 1.82) is 10.5 Å². The van der Waals surface area contributed by atoms with Crippen LogP contribution in [0.5, 0.6) is 0 Å². The van der Waals surface area contributed by atoms with Crippen LogP contribution in [0.3, 0.4) is 0 Å². The highest BCUT2D eigenvalue weighted by atomic mass is 32.1. The Morgan fingerprint density at radius 2 is 1.28 bits per heavy atom. The van der Waals surface area contributed by atoms with E-state index in [1.54, 1.807) is 22.7 Å². The molecule has 1 aliphatic carbocycles. The molecule has 39 heavy (non-hydrogen) atoms. The Hall–Kier alpha value is -5.18. The van der Waals surface area contributed by atoms with E-state index in [2.05, 4.69) is 57.1 Å². The SMILES string of the molecule is [C-]#[N+]/C(C#N)=C1\C(=Cc2ccc(-c3ccc(-c4ccc(N(C)C)cc4)s3)s2)/C(=C(/C#N)[N+]#[C-])c2ccccc21. The van der Waals surface area contributed by atoms with E-state index in [9.17, 15) is 10.5 Å². The summed E-state index contributed by atoms with van der Waals surface area (Å²) in [5.74, 6) is 0. The normalized spacial score (nSPS) is 14.4. The van der Waals surface area contributed by atoms with Crippen molar-refractivity contribution in [3.05, 3.63) is 129 Å². The summed E-state index contributed by atoms with van der Waals surface area (Å²) in [4.78, 5) is 13.3. The molecule has 0 atom stereocenters. The topological polar surface area (TPSA) is 59.5 Å². The van der Waals surface area contributed by atoms with Gasteiger partial charge in [0.2, 0.25) is 0 Å². The van der Waals surface area contributed by atoms with Crippen molar-refractivity contribution in [3.8, 4) is 32.3 Å². The average Bonchev–Trinajstić information content (AvgIpc) is 3.70. The Morgan fingerprint density at radius 1 is 0.744 bits per heavy atom. The third kappa shape index (κ3) is 4.66. The maximum Gasteiger partial charge on any atom is 0.270 e. The lowest BCUT2D eigenvalue weighted by atomic mass is 9.99. The molecule has 2 aromatic carbocycles. The monoisotopic (exact) mass is 537 g/mol. The Kier molecular flexibility index (Phi) is 6.96. The molecular weight excluding hydrogens is 519 g/mol. The summed E-state index contributed by atoms with van der Waals surface area (Å²) >= 11 is 3.30. The van der Waals surface area contributed by atoms with Gasteiger partial charge in [0.25, 0.3) is 11.4 Å². The lowest BCUT2D eigenvalue weighted by Gasteiger charge is -2.12. The molecule has 0 aliphatic heterocycles. The minimum atomic E-state index is -0.0640. The van der Waals surface area contributed by atoms with Crippen molar-refractivity contribution in [3.63, 3.8) is 0 Å². The van der Waals surface area contributed by atoms with Crippen LogP contribution in [0.4, 0.5) is 5.69 Å². The molecular formula is C32H19N5S2. The summed E-state index contributed by atoms with van der Waals surface area (Å²) in [6, 6.07) is 28.1. The minimum Gasteiger partial charge on any atom is -0.378 e. The lowest BCUT2D eigenvalue weighted by molar-refractivity contribution is 1.13.